The Morgan fingerprint density at radius 1 is 0.196 bits per heavy atom. The van der Waals surface area contributed by atoms with Gasteiger partial charge in [-0.1, -0.05) is 267 Å². The summed E-state index contributed by atoms with van der Waals surface area (Å²) < 4.78 is 13.7. The second-order valence-corrected chi connectivity index (χ2v) is 23.8. The van der Waals surface area contributed by atoms with Gasteiger partial charge in [0, 0.05) is 44.0 Å². The van der Waals surface area contributed by atoms with Crippen LogP contribution in [0.2, 0.25) is 0 Å². The van der Waals surface area contributed by atoms with Crippen LogP contribution in [0.25, 0.3) is 143 Å². The highest BCUT2D eigenvalue weighted by molar-refractivity contribution is 6.28. The van der Waals surface area contributed by atoms with Crippen LogP contribution in [0.3, 0.4) is 0 Å². The molecule has 92 heavy (non-hydrogen) atoms. The van der Waals surface area contributed by atoms with E-state index in [2.05, 4.69) is 337 Å². The van der Waals surface area contributed by atoms with Gasteiger partial charge in [0.2, 0.25) is 0 Å². The minimum absolute atomic E-state index is 0.840. The van der Waals surface area contributed by atoms with Crippen molar-refractivity contribution >= 4 is 110 Å². The monoisotopic (exact) mass is 1170 g/mol. The molecule has 0 unspecified atom stereocenters. The number of hydrogen-bond acceptors (Lipinski definition) is 4. The zero-order valence-electron chi connectivity index (χ0n) is 50.0. The third-order valence-corrected chi connectivity index (χ3v) is 18.6. The van der Waals surface area contributed by atoms with Crippen molar-refractivity contribution in [2.24, 2.45) is 0 Å². The molecular formula is C88H56N2O2. The van der Waals surface area contributed by atoms with Gasteiger partial charge in [-0.25, -0.2) is 0 Å². The molecule has 0 saturated carbocycles. The second-order valence-electron chi connectivity index (χ2n) is 23.8. The van der Waals surface area contributed by atoms with Crippen molar-refractivity contribution in [1.29, 1.82) is 0 Å². The topological polar surface area (TPSA) is 32.8 Å². The van der Waals surface area contributed by atoms with E-state index in [-0.39, 0.29) is 0 Å². The maximum Gasteiger partial charge on any atom is 0.159 e. The van der Waals surface area contributed by atoms with Gasteiger partial charge in [-0.2, -0.15) is 0 Å². The number of fused-ring (bicyclic) bond motifs is 6. The summed E-state index contributed by atoms with van der Waals surface area (Å²) >= 11 is 0. The summed E-state index contributed by atoms with van der Waals surface area (Å²) in [6.45, 7) is 0. The Labute approximate surface area is 532 Å². The molecule has 18 rings (SSSR count). The van der Waals surface area contributed by atoms with Crippen molar-refractivity contribution in [2.45, 2.75) is 0 Å². The van der Waals surface area contributed by atoms with E-state index in [0.29, 0.717) is 0 Å². The summed E-state index contributed by atoms with van der Waals surface area (Å²) in [5.41, 5.74) is 23.3. The Hall–Kier alpha value is -12.2. The van der Waals surface area contributed by atoms with E-state index in [1.165, 1.54) is 54.6 Å². The number of furan rings is 2. The molecule has 16 aromatic carbocycles. The number of para-hydroxylation sites is 4. The van der Waals surface area contributed by atoms with Crippen molar-refractivity contribution in [3.63, 3.8) is 0 Å². The first-order valence-corrected chi connectivity index (χ1v) is 31.5. The number of nitrogens with zero attached hydrogens (tertiary/aromatic N) is 2. The van der Waals surface area contributed by atoms with Crippen molar-refractivity contribution in [3.05, 3.63) is 340 Å². The highest BCUT2D eigenvalue weighted by atomic mass is 16.3. The summed E-state index contributed by atoms with van der Waals surface area (Å²) in [4.78, 5) is 4.77. The van der Waals surface area contributed by atoms with E-state index in [0.717, 1.165) is 123 Å². The van der Waals surface area contributed by atoms with Gasteiger partial charge in [-0.3, -0.25) is 0 Å². The van der Waals surface area contributed by atoms with E-state index in [1.54, 1.807) is 0 Å². The van der Waals surface area contributed by atoms with Crippen molar-refractivity contribution < 1.29 is 8.83 Å². The van der Waals surface area contributed by atoms with Crippen molar-refractivity contribution in [1.82, 2.24) is 0 Å². The SMILES string of the molecule is c1ccc(-c2ccc(N(c3ccc(-c4ccc5ccc6c(-c7ccc(N(c8ccc(-c9ccccc9)cc8-c8ccccc8)c8cccc9c8oc8ccccc89)cc7)ccc7ccc4c5c76)cc3)c3cccc4c3oc3ccccc34)c(-c3ccccc3)c2)cc1. The highest BCUT2D eigenvalue weighted by Gasteiger charge is 2.26. The smallest absolute Gasteiger partial charge is 0.159 e. The van der Waals surface area contributed by atoms with Gasteiger partial charge < -0.3 is 18.6 Å². The molecule has 0 radical (unpaired) electrons. The van der Waals surface area contributed by atoms with Gasteiger partial charge in [0.1, 0.15) is 11.2 Å². The maximum absolute atomic E-state index is 6.84. The summed E-state index contributed by atoms with van der Waals surface area (Å²) in [6, 6.07) is 123. The number of benzene rings is 16. The fourth-order valence-electron chi connectivity index (χ4n) is 14.3. The van der Waals surface area contributed by atoms with Crippen LogP contribution in [0.15, 0.2) is 349 Å². The fraction of sp³-hybridized carbons (Fsp3) is 0. The van der Waals surface area contributed by atoms with E-state index >= 15 is 0 Å². The largest absolute Gasteiger partial charge is 0.454 e. The fourth-order valence-corrected chi connectivity index (χ4v) is 14.3. The predicted octanol–water partition coefficient (Wildman–Crippen LogP) is 25.3. The van der Waals surface area contributed by atoms with Gasteiger partial charge in [-0.15, -0.1) is 0 Å². The molecule has 0 fully saturated rings. The Morgan fingerprint density at radius 2 is 0.533 bits per heavy atom. The molecule has 18 aromatic rings. The summed E-state index contributed by atoms with van der Waals surface area (Å²) in [5, 5.41) is 11.7. The lowest BCUT2D eigenvalue weighted by molar-refractivity contribution is 0.668. The van der Waals surface area contributed by atoms with Gasteiger partial charge in [0.05, 0.1) is 22.7 Å². The number of anilines is 6. The standard InChI is InChI=1S/C88H56N2O2/c1-5-19-57(20-6-1)65-43-53-79(77(55-65)59-23-9-3-10-24-59)89(81-31-17-29-75-71-27-13-15-33-83(71)91-87(75)81)67-45-35-61(36-46-67)69-49-39-63-42-52-74-70(50-40-64-41-51-73(69)85(63)86(64)74)62-37-47-68(48-38-62)90(82-32-18-30-76-72-28-14-16-34-84(72)92-88(76)82)80-54-44-66(58-21-7-2-8-22-58)56-78(80)60-25-11-4-12-26-60/h1-56H. The van der Waals surface area contributed by atoms with E-state index < -0.39 is 0 Å². The molecule has 4 heteroatoms. The van der Waals surface area contributed by atoms with Gasteiger partial charge in [0.25, 0.3) is 0 Å². The summed E-state index contributed by atoms with van der Waals surface area (Å²) in [6.07, 6.45) is 0. The maximum atomic E-state index is 6.84. The molecule has 0 aliphatic rings. The predicted molar refractivity (Wildman–Crippen MR) is 387 cm³/mol. The molecule has 0 bridgehead atoms. The lowest BCUT2D eigenvalue weighted by Crippen LogP contribution is -2.11. The zero-order chi connectivity index (χ0) is 60.6. The quantitative estimate of drug-likeness (QED) is 0.114. The first-order valence-electron chi connectivity index (χ1n) is 31.5. The Morgan fingerprint density at radius 3 is 0.946 bits per heavy atom. The molecule has 0 aliphatic carbocycles. The molecule has 0 amide bonds. The van der Waals surface area contributed by atoms with Crippen molar-refractivity contribution in [2.75, 3.05) is 9.80 Å². The highest BCUT2D eigenvalue weighted by Crippen LogP contribution is 2.50. The van der Waals surface area contributed by atoms with E-state index in [4.69, 9.17) is 8.83 Å². The number of rotatable bonds is 12. The molecule has 4 nitrogen and oxygen atoms in total. The molecule has 0 atom stereocenters. The number of hydrogen-bond donors (Lipinski definition) is 0. The molecular weight excluding hydrogens is 1120 g/mol. The molecule has 0 N–H and O–H groups in total. The average molecular weight is 1170 g/mol. The van der Waals surface area contributed by atoms with Crippen LogP contribution in [-0.2, 0) is 0 Å². The molecule has 2 heterocycles. The van der Waals surface area contributed by atoms with Gasteiger partial charge >= 0.3 is 0 Å². The molecule has 0 spiro atoms. The molecule has 0 saturated heterocycles. The normalized spacial score (nSPS) is 11.7. The van der Waals surface area contributed by atoms with Crippen LogP contribution in [0.4, 0.5) is 34.1 Å². The van der Waals surface area contributed by atoms with Gasteiger partial charge in [-0.05, 0) is 161 Å². The first-order chi connectivity index (χ1) is 45.6. The van der Waals surface area contributed by atoms with Crippen LogP contribution in [0, 0.1) is 0 Å². The van der Waals surface area contributed by atoms with Crippen LogP contribution in [-0.4, -0.2) is 0 Å². The van der Waals surface area contributed by atoms with Crippen LogP contribution < -0.4 is 9.80 Å². The summed E-state index contributed by atoms with van der Waals surface area (Å²) in [7, 11) is 0. The molecule has 2 aromatic heterocycles. The van der Waals surface area contributed by atoms with Gasteiger partial charge in [0.15, 0.2) is 11.2 Å². The minimum atomic E-state index is 0.840. The Kier molecular flexibility index (Phi) is 12.5. The Bertz CT molecular complexity index is 5440. The molecule has 0 aliphatic heterocycles. The van der Waals surface area contributed by atoms with Crippen LogP contribution in [0.1, 0.15) is 0 Å². The first kappa shape index (κ1) is 52.8. The lowest BCUT2D eigenvalue weighted by atomic mass is 9.87. The summed E-state index contributed by atoms with van der Waals surface area (Å²) in [5.74, 6) is 0. The lowest BCUT2D eigenvalue weighted by Gasteiger charge is -2.28. The van der Waals surface area contributed by atoms with Crippen molar-refractivity contribution in [3.8, 4) is 66.8 Å². The Balaban J connectivity index is 0.754. The molecule has 430 valence electrons. The zero-order valence-corrected chi connectivity index (χ0v) is 50.0. The van der Waals surface area contributed by atoms with Crippen LogP contribution in [0.5, 0.6) is 0 Å². The van der Waals surface area contributed by atoms with E-state index in [1.807, 2.05) is 12.1 Å². The second kappa shape index (κ2) is 21.8. The third-order valence-electron chi connectivity index (χ3n) is 18.6. The average Bonchev–Trinajstić information content (AvgIpc) is 0.775. The van der Waals surface area contributed by atoms with E-state index in [9.17, 15) is 0 Å². The third kappa shape index (κ3) is 8.83. The van der Waals surface area contributed by atoms with Crippen LogP contribution >= 0.6 is 0 Å². The minimum Gasteiger partial charge on any atom is -0.454 e.